The highest BCUT2D eigenvalue weighted by molar-refractivity contribution is 7.12. The normalized spacial score (nSPS) is 9.38. The van der Waals surface area contributed by atoms with Crippen molar-refractivity contribution in [3.8, 4) is 29.4 Å². The Morgan fingerprint density at radius 1 is 1.24 bits per heavy atom. The lowest BCUT2D eigenvalue weighted by Crippen LogP contribution is -1.96. The fourth-order valence-electron chi connectivity index (χ4n) is 1.65. The Bertz CT molecular complexity index is 719. The Kier molecular flexibility index (Phi) is 5.22. The highest BCUT2D eigenvalue weighted by Gasteiger charge is 2.07. The molecule has 0 aliphatic heterocycles. The Morgan fingerprint density at radius 3 is 2.81 bits per heavy atom. The number of hydrogen-bond acceptors (Lipinski definition) is 5. The van der Waals surface area contributed by atoms with Gasteiger partial charge in [-0.25, -0.2) is 0 Å². The van der Waals surface area contributed by atoms with Gasteiger partial charge >= 0.3 is 0 Å². The summed E-state index contributed by atoms with van der Waals surface area (Å²) in [4.78, 5) is 1.90. The maximum Gasteiger partial charge on any atom is 0.162 e. The van der Waals surface area contributed by atoms with Gasteiger partial charge in [0, 0.05) is 10.9 Å². The van der Waals surface area contributed by atoms with Gasteiger partial charge in [0.1, 0.15) is 13.2 Å². The summed E-state index contributed by atoms with van der Waals surface area (Å²) in [6.07, 6.45) is 0. The van der Waals surface area contributed by atoms with Crippen LogP contribution in [0.5, 0.6) is 11.5 Å². The number of nitrogens with zero attached hydrogens (tertiary/aromatic N) is 1. The zero-order valence-corrected chi connectivity index (χ0v) is 12.2. The first kappa shape index (κ1) is 14.9. The molecule has 1 N–H and O–H groups in total. The summed E-state index contributed by atoms with van der Waals surface area (Å²) in [5, 5.41) is 17.5. The van der Waals surface area contributed by atoms with Gasteiger partial charge in [-0.2, -0.15) is 5.26 Å². The first-order chi connectivity index (χ1) is 10.3. The molecule has 0 atom stereocenters. The van der Waals surface area contributed by atoms with Gasteiger partial charge < -0.3 is 14.6 Å². The van der Waals surface area contributed by atoms with E-state index in [1.165, 1.54) is 18.4 Å². The number of methoxy groups -OCH3 is 1. The van der Waals surface area contributed by atoms with E-state index in [9.17, 15) is 0 Å². The second-order valence-electron chi connectivity index (χ2n) is 3.99. The van der Waals surface area contributed by atoms with Gasteiger partial charge in [0.05, 0.1) is 23.6 Å². The van der Waals surface area contributed by atoms with E-state index in [4.69, 9.17) is 19.8 Å². The van der Waals surface area contributed by atoms with E-state index in [-0.39, 0.29) is 6.61 Å². The minimum atomic E-state index is -0.147. The smallest absolute Gasteiger partial charge is 0.162 e. The number of aliphatic hydroxyl groups is 1. The van der Waals surface area contributed by atoms with E-state index < -0.39 is 0 Å². The molecule has 2 aromatic rings. The summed E-state index contributed by atoms with van der Waals surface area (Å²) in [7, 11) is 1.54. The molecule has 106 valence electrons. The zero-order valence-electron chi connectivity index (χ0n) is 11.4. The number of nitriles is 1. The average molecular weight is 299 g/mol. The predicted octanol–water partition coefficient (Wildman–Crippen LogP) is 2.55. The lowest BCUT2D eigenvalue weighted by Gasteiger charge is -2.09. The van der Waals surface area contributed by atoms with E-state index in [2.05, 4.69) is 17.9 Å². The lowest BCUT2D eigenvalue weighted by molar-refractivity contribution is 0.287. The first-order valence-corrected chi connectivity index (χ1v) is 6.98. The van der Waals surface area contributed by atoms with Crippen molar-refractivity contribution in [1.82, 2.24) is 0 Å². The zero-order chi connectivity index (χ0) is 15.1. The fourth-order valence-corrected chi connectivity index (χ4v) is 2.45. The minimum Gasteiger partial charge on any atom is -0.493 e. The second-order valence-corrected chi connectivity index (χ2v) is 5.16. The molecule has 2 rings (SSSR count). The second kappa shape index (κ2) is 7.35. The van der Waals surface area contributed by atoms with Crippen LogP contribution in [0.4, 0.5) is 0 Å². The summed E-state index contributed by atoms with van der Waals surface area (Å²) >= 11 is 1.51. The Labute approximate surface area is 127 Å². The fraction of sp³-hybridized carbons (Fsp3) is 0.188. The molecule has 1 heterocycles. The SMILES string of the molecule is COc1cc(C#N)ccc1OCc1ccc(C#CCO)s1. The molecule has 1 aromatic carbocycles. The van der Waals surface area contributed by atoms with Gasteiger partial charge in [0.15, 0.2) is 11.5 Å². The molecular weight excluding hydrogens is 286 g/mol. The molecule has 5 heteroatoms. The minimum absolute atomic E-state index is 0.147. The van der Waals surface area contributed by atoms with Crippen LogP contribution >= 0.6 is 11.3 Å². The van der Waals surface area contributed by atoms with Crippen LogP contribution < -0.4 is 9.47 Å². The van der Waals surface area contributed by atoms with Gasteiger partial charge in [-0.1, -0.05) is 11.8 Å². The van der Waals surface area contributed by atoms with Crippen molar-refractivity contribution in [3.05, 3.63) is 45.6 Å². The molecule has 0 unspecified atom stereocenters. The van der Waals surface area contributed by atoms with E-state index in [0.29, 0.717) is 23.7 Å². The Hall–Kier alpha value is -2.47. The van der Waals surface area contributed by atoms with Crippen LogP contribution in [0.1, 0.15) is 15.3 Å². The highest BCUT2D eigenvalue weighted by atomic mass is 32.1. The highest BCUT2D eigenvalue weighted by Crippen LogP contribution is 2.29. The molecule has 0 bridgehead atoms. The van der Waals surface area contributed by atoms with E-state index in [0.717, 1.165) is 9.75 Å². The molecule has 0 aliphatic carbocycles. The van der Waals surface area contributed by atoms with Crippen molar-refractivity contribution < 1.29 is 14.6 Å². The van der Waals surface area contributed by atoms with Crippen LogP contribution in [0.3, 0.4) is 0 Å². The van der Waals surface area contributed by atoms with Gasteiger partial charge in [-0.15, -0.1) is 11.3 Å². The summed E-state index contributed by atoms with van der Waals surface area (Å²) < 4.78 is 10.9. The van der Waals surface area contributed by atoms with Crippen molar-refractivity contribution >= 4 is 11.3 Å². The maximum atomic E-state index is 8.85. The number of rotatable bonds is 4. The Morgan fingerprint density at radius 2 is 2.10 bits per heavy atom. The van der Waals surface area contributed by atoms with Crippen LogP contribution in [0.25, 0.3) is 0 Å². The third-order valence-corrected chi connectivity index (χ3v) is 3.59. The van der Waals surface area contributed by atoms with Gasteiger partial charge in [-0.05, 0) is 24.3 Å². The third-order valence-electron chi connectivity index (χ3n) is 2.61. The van der Waals surface area contributed by atoms with Crippen LogP contribution in [-0.2, 0) is 6.61 Å². The summed E-state index contributed by atoms with van der Waals surface area (Å²) in [5.74, 6) is 6.58. The molecule has 0 spiro atoms. The number of hydrogen-bond donors (Lipinski definition) is 1. The molecule has 4 nitrogen and oxygen atoms in total. The lowest BCUT2D eigenvalue weighted by atomic mass is 10.2. The van der Waals surface area contributed by atoms with Crippen molar-refractivity contribution in [2.24, 2.45) is 0 Å². The standard InChI is InChI=1S/C16H13NO3S/c1-19-16-9-12(10-17)4-7-15(16)20-11-14-6-5-13(21-14)3-2-8-18/h4-7,9,18H,8,11H2,1H3. The van der Waals surface area contributed by atoms with Crippen LogP contribution in [0.15, 0.2) is 30.3 Å². The summed E-state index contributed by atoms with van der Waals surface area (Å²) in [6, 6.07) is 10.9. The first-order valence-electron chi connectivity index (χ1n) is 6.16. The number of aliphatic hydroxyl groups excluding tert-OH is 1. The van der Waals surface area contributed by atoms with Crippen molar-refractivity contribution in [3.63, 3.8) is 0 Å². The monoisotopic (exact) mass is 299 g/mol. The quantitative estimate of drug-likeness (QED) is 0.881. The van der Waals surface area contributed by atoms with Crippen LogP contribution in [-0.4, -0.2) is 18.8 Å². The molecule has 0 saturated heterocycles. The van der Waals surface area contributed by atoms with Gasteiger partial charge in [0.25, 0.3) is 0 Å². The van der Waals surface area contributed by atoms with Gasteiger partial charge in [0.2, 0.25) is 0 Å². The molecule has 0 saturated carbocycles. The van der Waals surface area contributed by atoms with Gasteiger partial charge in [-0.3, -0.25) is 0 Å². The number of benzene rings is 1. The molecule has 21 heavy (non-hydrogen) atoms. The average Bonchev–Trinajstić information content (AvgIpc) is 2.98. The molecule has 0 amide bonds. The van der Waals surface area contributed by atoms with Crippen molar-refractivity contribution in [1.29, 1.82) is 5.26 Å². The van der Waals surface area contributed by atoms with E-state index >= 15 is 0 Å². The van der Waals surface area contributed by atoms with E-state index in [1.54, 1.807) is 18.2 Å². The summed E-state index contributed by atoms with van der Waals surface area (Å²) in [6.45, 7) is 0.250. The van der Waals surface area contributed by atoms with E-state index in [1.807, 2.05) is 12.1 Å². The number of thiophene rings is 1. The molecular formula is C16H13NO3S. The van der Waals surface area contributed by atoms with Crippen LogP contribution in [0.2, 0.25) is 0 Å². The molecule has 0 aliphatic rings. The largest absolute Gasteiger partial charge is 0.493 e. The molecule has 1 aromatic heterocycles. The molecule has 0 fully saturated rings. The number of ether oxygens (including phenoxy) is 2. The van der Waals surface area contributed by atoms with Crippen molar-refractivity contribution in [2.75, 3.05) is 13.7 Å². The van der Waals surface area contributed by atoms with Crippen molar-refractivity contribution in [2.45, 2.75) is 6.61 Å². The Balaban J connectivity index is 2.06. The predicted molar refractivity (Wildman–Crippen MR) is 80.3 cm³/mol. The van der Waals surface area contributed by atoms with Crippen LogP contribution in [0, 0.1) is 23.2 Å². The topological polar surface area (TPSA) is 62.5 Å². The maximum absolute atomic E-state index is 8.85. The molecule has 0 radical (unpaired) electrons. The third kappa shape index (κ3) is 4.00. The summed E-state index contributed by atoms with van der Waals surface area (Å²) in [5.41, 5.74) is 0.525.